The summed E-state index contributed by atoms with van der Waals surface area (Å²) in [6, 6.07) is 15.4. The molecule has 0 fully saturated rings. The summed E-state index contributed by atoms with van der Waals surface area (Å²) >= 11 is 3.38. The van der Waals surface area contributed by atoms with E-state index in [9.17, 15) is 18.0 Å². The molecule has 0 saturated carbocycles. The van der Waals surface area contributed by atoms with Crippen LogP contribution in [0.1, 0.15) is 10.4 Å². The van der Waals surface area contributed by atoms with Gasteiger partial charge in [0, 0.05) is 4.47 Å². The quantitative estimate of drug-likeness (QED) is 0.409. The van der Waals surface area contributed by atoms with E-state index in [1.165, 1.54) is 12.1 Å². The number of hydrogen-bond acceptors (Lipinski definition) is 3. The van der Waals surface area contributed by atoms with Crippen LogP contribution in [0.5, 0.6) is 11.5 Å². The Balaban J connectivity index is 1.74. The second-order valence-corrected chi connectivity index (χ2v) is 6.03. The lowest BCUT2D eigenvalue weighted by Crippen LogP contribution is -2.17. The van der Waals surface area contributed by atoms with Gasteiger partial charge in [0.05, 0.1) is 5.56 Å². The molecule has 3 rings (SSSR count). The van der Waals surface area contributed by atoms with Crippen LogP contribution in [0.4, 0.5) is 13.2 Å². The van der Waals surface area contributed by atoms with Crippen molar-refractivity contribution in [2.75, 3.05) is 0 Å². The second kappa shape index (κ2) is 6.76. The fourth-order valence-electron chi connectivity index (χ4n) is 2.22. The smallest absolute Gasteiger partial charge is 0.423 e. The molecule has 0 unspecified atom stereocenters. The van der Waals surface area contributed by atoms with Gasteiger partial charge in [-0.05, 0) is 59.3 Å². The van der Waals surface area contributed by atoms with Crippen molar-refractivity contribution in [3.8, 4) is 11.5 Å². The largest absolute Gasteiger partial charge is 0.573 e. The Labute approximate surface area is 149 Å². The Hall–Kier alpha value is -2.54. The molecule has 3 aromatic rings. The van der Waals surface area contributed by atoms with Crippen LogP contribution >= 0.6 is 15.9 Å². The average molecular weight is 411 g/mol. The maximum absolute atomic E-state index is 12.1. The van der Waals surface area contributed by atoms with Crippen LogP contribution in [-0.2, 0) is 0 Å². The highest BCUT2D eigenvalue weighted by atomic mass is 79.9. The van der Waals surface area contributed by atoms with E-state index >= 15 is 0 Å². The molecule has 3 nitrogen and oxygen atoms in total. The number of carbonyl (C=O) groups excluding carboxylic acids is 1. The van der Waals surface area contributed by atoms with Crippen molar-refractivity contribution in [2.45, 2.75) is 6.36 Å². The lowest BCUT2D eigenvalue weighted by Gasteiger charge is -2.09. The van der Waals surface area contributed by atoms with Crippen LogP contribution in [-0.4, -0.2) is 12.3 Å². The van der Waals surface area contributed by atoms with Gasteiger partial charge in [-0.2, -0.15) is 0 Å². The summed E-state index contributed by atoms with van der Waals surface area (Å²) in [5.41, 5.74) is 0.116. The lowest BCUT2D eigenvalue weighted by atomic mass is 10.1. The molecular weight excluding hydrogens is 401 g/mol. The highest BCUT2D eigenvalue weighted by molar-refractivity contribution is 9.10. The zero-order valence-electron chi connectivity index (χ0n) is 12.5. The van der Waals surface area contributed by atoms with Gasteiger partial charge in [0.1, 0.15) is 11.5 Å². The topological polar surface area (TPSA) is 35.5 Å². The molecule has 25 heavy (non-hydrogen) atoms. The molecule has 0 bridgehead atoms. The van der Waals surface area contributed by atoms with Crippen molar-refractivity contribution in [3.05, 3.63) is 70.7 Å². The molecule has 0 radical (unpaired) electrons. The monoisotopic (exact) mass is 410 g/mol. The summed E-state index contributed by atoms with van der Waals surface area (Å²) < 4.78 is 46.3. The fourth-order valence-corrected chi connectivity index (χ4v) is 2.60. The molecule has 0 aliphatic carbocycles. The van der Waals surface area contributed by atoms with Gasteiger partial charge in [-0.3, -0.25) is 0 Å². The fraction of sp³-hybridized carbons (Fsp3) is 0.0556. The molecule has 0 saturated heterocycles. The Kier molecular flexibility index (Phi) is 4.67. The van der Waals surface area contributed by atoms with E-state index in [0.717, 1.165) is 27.4 Å². The van der Waals surface area contributed by atoms with E-state index in [1.807, 2.05) is 24.3 Å². The van der Waals surface area contributed by atoms with E-state index in [4.69, 9.17) is 4.74 Å². The van der Waals surface area contributed by atoms with Crippen LogP contribution in [0.15, 0.2) is 65.1 Å². The first-order chi connectivity index (χ1) is 11.8. The minimum atomic E-state index is -4.78. The number of alkyl halides is 3. The summed E-state index contributed by atoms with van der Waals surface area (Å²) in [6.45, 7) is 0. The van der Waals surface area contributed by atoms with Crippen molar-refractivity contribution in [1.29, 1.82) is 0 Å². The van der Waals surface area contributed by atoms with Crippen LogP contribution in [0.25, 0.3) is 10.8 Å². The predicted octanol–water partition coefficient (Wildman–Crippen LogP) is 5.72. The third-order valence-electron chi connectivity index (χ3n) is 3.31. The van der Waals surface area contributed by atoms with Crippen LogP contribution in [0, 0.1) is 0 Å². The zero-order chi connectivity index (χ0) is 18.0. The maximum Gasteiger partial charge on any atom is 0.573 e. The molecule has 0 spiro atoms. The predicted molar refractivity (Wildman–Crippen MR) is 89.7 cm³/mol. The zero-order valence-corrected chi connectivity index (χ0v) is 14.1. The Morgan fingerprint density at radius 3 is 2.12 bits per heavy atom. The Bertz CT molecular complexity index is 921. The number of halogens is 4. The van der Waals surface area contributed by atoms with E-state index in [1.54, 1.807) is 12.1 Å². The molecule has 0 amide bonds. The molecule has 128 valence electrons. The Morgan fingerprint density at radius 2 is 1.44 bits per heavy atom. The van der Waals surface area contributed by atoms with Gasteiger partial charge in [0.2, 0.25) is 0 Å². The van der Waals surface area contributed by atoms with E-state index in [-0.39, 0.29) is 5.56 Å². The number of benzene rings is 3. The van der Waals surface area contributed by atoms with Crippen molar-refractivity contribution >= 4 is 32.7 Å². The first-order valence-corrected chi connectivity index (χ1v) is 7.87. The number of esters is 1. The number of carbonyl (C=O) groups is 1. The van der Waals surface area contributed by atoms with Crippen molar-refractivity contribution in [1.82, 2.24) is 0 Å². The number of ether oxygens (including phenoxy) is 2. The van der Waals surface area contributed by atoms with Crippen LogP contribution in [0.2, 0.25) is 0 Å². The molecular formula is C18H10BrF3O3. The number of fused-ring (bicyclic) bond motifs is 1. The van der Waals surface area contributed by atoms with Crippen LogP contribution in [0.3, 0.4) is 0 Å². The van der Waals surface area contributed by atoms with Crippen molar-refractivity contribution in [2.24, 2.45) is 0 Å². The summed E-state index contributed by atoms with van der Waals surface area (Å²) in [4.78, 5) is 12.1. The highest BCUT2D eigenvalue weighted by Gasteiger charge is 2.31. The summed E-state index contributed by atoms with van der Waals surface area (Å²) in [5.74, 6) is -0.731. The van der Waals surface area contributed by atoms with E-state index in [0.29, 0.717) is 5.75 Å². The van der Waals surface area contributed by atoms with E-state index in [2.05, 4.69) is 20.7 Å². The molecule has 7 heteroatoms. The standard InChI is InChI=1S/C18H10BrF3O3/c19-14-5-1-13-10-16(8-4-12(13)9-14)24-17(23)11-2-6-15(7-3-11)25-18(20,21)22/h1-10H. The van der Waals surface area contributed by atoms with Gasteiger partial charge in [0.25, 0.3) is 0 Å². The van der Waals surface area contributed by atoms with Gasteiger partial charge < -0.3 is 9.47 Å². The highest BCUT2D eigenvalue weighted by Crippen LogP contribution is 2.26. The van der Waals surface area contributed by atoms with E-state index < -0.39 is 18.1 Å². The summed E-state index contributed by atoms with van der Waals surface area (Å²) in [5, 5.41) is 1.87. The van der Waals surface area contributed by atoms with Gasteiger partial charge in [-0.15, -0.1) is 13.2 Å². The Morgan fingerprint density at radius 1 is 0.840 bits per heavy atom. The molecule has 3 aromatic carbocycles. The molecule has 0 heterocycles. The summed E-state index contributed by atoms with van der Waals surface area (Å²) in [6.07, 6.45) is -4.78. The van der Waals surface area contributed by atoms with Gasteiger partial charge >= 0.3 is 12.3 Å². The molecule has 0 aromatic heterocycles. The second-order valence-electron chi connectivity index (χ2n) is 5.11. The van der Waals surface area contributed by atoms with Gasteiger partial charge in [-0.25, -0.2) is 4.79 Å². The minimum Gasteiger partial charge on any atom is -0.423 e. The summed E-state index contributed by atoms with van der Waals surface area (Å²) in [7, 11) is 0. The first-order valence-electron chi connectivity index (χ1n) is 7.07. The van der Waals surface area contributed by atoms with Gasteiger partial charge in [-0.1, -0.05) is 28.1 Å². The minimum absolute atomic E-state index is 0.116. The number of hydrogen-bond donors (Lipinski definition) is 0. The SMILES string of the molecule is O=C(Oc1ccc2cc(Br)ccc2c1)c1ccc(OC(F)(F)F)cc1. The van der Waals surface area contributed by atoms with Crippen LogP contribution < -0.4 is 9.47 Å². The first kappa shape index (κ1) is 17.3. The average Bonchev–Trinajstić information content (AvgIpc) is 2.54. The third kappa shape index (κ3) is 4.51. The van der Waals surface area contributed by atoms with Crippen molar-refractivity contribution in [3.63, 3.8) is 0 Å². The molecule has 0 aliphatic rings. The number of rotatable bonds is 3. The van der Waals surface area contributed by atoms with Crippen molar-refractivity contribution < 1.29 is 27.4 Å². The molecule has 0 atom stereocenters. The molecule has 0 N–H and O–H groups in total. The molecule has 0 aliphatic heterocycles. The van der Waals surface area contributed by atoms with Gasteiger partial charge in [0.15, 0.2) is 0 Å². The normalized spacial score (nSPS) is 11.4. The lowest BCUT2D eigenvalue weighted by molar-refractivity contribution is -0.274. The third-order valence-corrected chi connectivity index (χ3v) is 3.80. The maximum atomic E-state index is 12.1.